The summed E-state index contributed by atoms with van der Waals surface area (Å²) >= 11 is 0. The van der Waals surface area contributed by atoms with E-state index in [1.54, 1.807) is 7.11 Å². The maximum Gasteiger partial charge on any atom is 0.222 e. The van der Waals surface area contributed by atoms with Gasteiger partial charge in [-0.2, -0.15) is 0 Å². The summed E-state index contributed by atoms with van der Waals surface area (Å²) in [6, 6.07) is 7.61. The largest absolute Gasteiger partial charge is 0.497 e. The van der Waals surface area contributed by atoms with Crippen molar-refractivity contribution in [3.05, 3.63) is 24.3 Å². The number of carbonyl (C=O) groups excluding carboxylic acids is 1. The van der Waals surface area contributed by atoms with Crippen LogP contribution in [0.3, 0.4) is 0 Å². The van der Waals surface area contributed by atoms with Crippen LogP contribution < -0.4 is 21.1 Å². The first kappa shape index (κ1) is 15.3. The summed E-state index contributed by atoms with van der Waals surface area (Å²) < 4.78 is 5.09. The molecule has 1 atom stereocenters. The Morgan fingerprint density at radius 1 is 1.32 bits per heavy atom. The van der Waals surface area contributed by atoms with E-state index in [1.165, 1.54) is 0 Å². The number of nitrogens with one attached hydrogen (secondary N) is 2. The lowest BCUT2D eigenvalue weighted by atomic mass is 10.1. The molecule has 5 heteroatoms. The number of rotatable bonds is 7. The number of carbonyl (C=O) groups is 1. The normalized spacial score (nSPS) is 12.1. The van der Waals surface area contributed by atoms with Crippen LogP contribution in [0, 0.1) is 0 Å². The summed E-state index contributed by atoms with van der Waals surface area (Å²) in [5.74, 6) is 0.805. The first-order chi connectivity index (χ1) is 9.05. The molecule has 0 spiro atoms. The molecular formula is C14H23N3O2. The van der Waals surface area contributed by atoms with Crippen molar-refractivity contribution in [2.45, 2.75) is 32.4 Å². The van der Waals surface area contributed by atoms with E-state index < -0.39 is 0 Å². The second-order valence-electron chi connectivity index (χ2n) is 4.73. The Kier molecular flexibility index (Phi) is 6.15. The highest BCUT2D eigenvalue weighted by Crippen LogP contribution is 2.16. The van der Waals surface area contributed by atoms with Crippen molar-refractivity contribution in [3.8, 4) is 5.75 Å². The van der Waals surface area contributed by atoms with Gasteiger partial charge in [-0.05, 0) is 38.1 Å². The fraction of sp³-hybridized carbons (Fsp3) is 0.500. The molecule has 0 heterocycles. The van der Waals surface area contributed by atoms with Gasteiger partial charge in [0.2, 0.25) is 5.91 Å². The molecule has 106 valence electrons. The van der Waals surface area contributed by atoms with Gasteiger partial charge in [-0.25, -0.2) is 0 Å². The van der Waals surface area contributed by atoms with Crippen LogP contribution in [0.25, 0.3) is 0 Å². The van der Waals surface area contributed by atoms with Crippen molar-refractivity contribution in [2.75, 3.05) is 19.0 Å². The van der Waals surface area contributed by atoms with Crippen molar-refractivity contribution in [3.63, 3.8) is 0 Å². The Hall–Kier alpha value is -1.75. The minimum atomic E-state index is -0.0767. The van der Waals surface area contributed by atoms with E-state index >= 15 is 0 Å². The molecule has 0 aliphatic carbocycles. The van der Waals surface area contributed by atoms with Crippen LogP contribution in [-0.4, -0.2) is 31.6 Å². The molecule has 1 unspecified atom stereocenters. The molecule has 0 saturated heterocycles. The Morgan fingerprint density at radius 3 is 2.42 bits per heavy atom. The standard InChI is InChI=1S/C14H23N3O2/c1-10(2)16-14(18)8-12(9-15)17-11-4-6-13(19-3)7-5-11/h4-7,10,12,17H,8-9,15H2,1-3H3,(H,16,18). The highest BCUT2D eigenvalue weighted by molar-refractivity contribution is 5.77. The lowest BCUT2D eigenvalue weighted by molar-refractivity contribution is -0.121. The summed E-state index contributed by atoms with van der Waals surface area (Å²) in [5, 5.41) is 6.10. The molecule has 0 aliphatic rings. The topological polar surface area (TPSA) is 76.4 Å². The summed E-state index contributed by atoms with van der Waals surface area (Å²) in [6.07, 6.45) is 0.362. The van der Waals surface area contributed by atoms with Gasteiger partial charge < -0.3 is 21.1 Å². The molecule has 0 aromatic heterocycles. The fourth-order valence-corrected chi connectivity index (χ4v) is 1.72. The second-order valence-corrected chi connectivity index (χ2v) is 4.73. The third kappa shape index (κ3) is 5.61. The van der Waals surface area contributed by atoms with Crippen molar-refractivity contribution in [1.29, 1.82) is 0 Å². The van der Waals surface area contributed by atoms with Crippen LogP contribution in [0.2, 0.25) is 0 Å². The van der Waals surface area contributed by atoms with E-state index in [0.717, 1.165) is 11.4 Å². The Bertz CT molecular complexity index is 390. The second kappa shape index (κ2) is 7.63. The molecule has 1 aromatic rings. The van der Waals surface area contributed by atoms with Crippen LogP contribution >= 0.6 is 0 Å². The predicted molar refractivity (Wildman–Crippen MR) is 77.4 cm³/mol. The fourth-order valence-electron chi connectivity index (χ4n) is 1.72. The molecule has 1 aromatic carbocycles. The van der Waals surface area contributed by atoms with E-state index in [0.29, 0.717) is 13.0 Å². The predicted octanol–water partition coefficient (Wildman–Crippen LogP) is 1.35. The molecule has 4 N–H and O–H groups in total. The number of hydrogen-bond acceptors (Lipinski definition) is 4. The molecular weight excluding hydrogens is 242 g/mol. The van der Waals surface area contributed by atoms with Crippen LogP contribution in [-0.2, 0) is 4.79 Å². The summed E-state index contributed by atoms with van der Waals surface area (Å²) in [4.78, 5) is 11.7. The zero-order valence-electron chi connectivity index (χ0n) is 11.8. The van der Waals surface area contributed by atoms with Gasteiger partial charge in [-0.15, -0.1) is 0 Å². The lowest BCUT2D eigenvalue weighted by Crippen LogP contribution is -2.38. The summed E-state index contributed by atoms with van der Waals surface area (Å²) in [5.41, 5.74) is 6.61. The zero-order chi connectivity index (χ0) is 14.3. The van der Waals surface area contributed by atoms with Crippen molar-refractivity contribution in [2.24, 2.45) is 5.73 Å². The number of hydrogen-bond donors (Lipinski definition) is 3. The average molecular weight is 265 g/mol. The number of nitrogens with two attached hydrogens (primary N) is 1. The lowest BCUT2D eigenvalue weighted by Gasteiger charge is -2.18. The highest BCUT2D eigenvalue weighted by Gasteiger charge is 2.12. The summed E-state index contributed by atoms with van der Waals surface area (Å²) in [6.45, 7) is 4.27. The molecule has 0 aliphatic heterocycles. The van der Waals surface area contributed by atoms with Gasteiger partial charge in [0, 0.05) is 30.7 Å². The van der Waals surface area contributed by atoms with Crippen molar-refractivity contribution < 1.29 is 9.53 Å². The molecule has 5 nitrogen and oxygen atoms in total. The van der Waals surface area contributed by atoms with Crippen LogP contribution in [0.1, 0.15) is 20.3 Å². The van der Waals surface area contributed by atoms with Crippen LogP contribution in [0.4, 0.5) is 5.69 Å². The molecule has 0 fully saturated rings. The molecule has 19 heavy (non-hydrogen) atoms. The smallest absolute Gasteiger partial charge is 0.222 e. The van der Waals surface area contributed by atoms with Crippen LogP contribution in [0.15, 0.2) is 24.3 Å². The van der Waals surface area contributed by atoms with Gasteiger partial charge in [0.15, 0.2) is 0 Å². The Balaban J connectivity index is 2.53. The number of methoxy groups -OCH3 is 1. The van der Waals surface area contributed by atoms with E-state index in [2.05, 4.69) is 10.6 Å². The van der Waals surface area contributed by atoms with Crippen molar-refractivity contribution in [1.82, 2.24) is 5.32 Å². The quantitative estimate of drug-likeness (QED) is 0.695. The third-order valence-electron chi connectivity index (χ3n) is 2.63. The van der Waals surface area contributed by atoms with Gasteiger partial charge >= 0.3 is 0 Å². The minimum Gasteiger partial charge on any atom is -0.497 e. The maximum atomic E-state index is 11.7. The van der Waals surface area contributed by atoms with E-state index in [1.807, 2.05) is 38.1 Å². The van der Waals surface area contributed by atoms with E-state index in [9.17, 15) is 4.79 Å². The third-order valence-corrected chi connectivity index (χ3v) is 2.63. The molecule has 0 saturated carbocycles. The number of ether oxygens (including phenoxy) is 1. The molecule has 1 amide bonds. The van der Waals surface area contributed by atoms with Gasteiger partial charge in [0.05, 0.1) is 7.11 Å². The number of amides is 1. The number of anilines is 1. The zero-order valence-corrected chi connectivity index (χ0v) is 11.8. The monoisotopic (exact) mass is 265 g/mol. The first-order valence-electron chi connectivity index (χ1n) is 6.45. The molecule has 1 rings (SSSR count). The van der Waals surface area contributed by atoms with Gasteiger partial charge in [-0.1, -0.05) is 0 Å². The van der Waals surface area contributed by atoms with E-state index in [4.69, 9.17) is 10.5 Å². The molecule has 0 radical (unpaired) electrons. The Morgan fingerprint density at radius 2 is 1.95 bits per heavy atom. The SMILES string of the molecule is COc1ccc(NC(CN)CC(=O)NC(C)C)cc1. The van der Waals surface area contributed by atoms with Gasteiger partial charge in [0.1, 0.15) is 5.75 Å². The minimum absolute atomic E-state index is 0.00598. The van der Waals surface area contributed by atoms with Gasteiger partial charge in [-0.3, -0.25) is 4.79 Å². The van der Waals surface area contributed by atoms with Gasteiger partial charge in [0.25, 0.3) is 0 Å². The first-order valence-corrected chi connectivity index (χ1v) is 6.45. The maximum absolute atomic E-state index is 11.7. The van der Waals surface area contributed by atoms with E-state index in [-0.39, 0.29) is 18.0 Å². The van der Waals surface area contributed by atoms with Crippen molar-refractivity contribution >= 4 is 11.6 Å². The average Bonchev–Trinajstić information content (AvgIpc) is 2.37. The molecule has 0 bridgehead atoms. The summed E-state index contributed by atoms with van der Waals surface area (Å²) in [7, 11) is 1.63. The number of benzene rings is 1. The Labute approximate surface area is 114 Å². The van der Waals surface area contributed by atoms with Crippen LogP contribution in [0.5, 0.6) is 5.75 Å². The highest BCUT2D eigenvalue weighted by atomic mass is 16.5.